The van der Waals surface area contributed by atoms with Crippen LogP contribution >= 0.6 is 0 Å². The van der Waals surface area contributed by atoms with Gasteiger partial charge in [-0.05, 0) is 33.2 Å². The zero-order chi connectivity index (χ0) is 17.3. The van der Waals surface area contributed by atoms with Crippen molar-refractivity contribution in [3.63, 3.8) is 0 Å². The summed E-state index contributed by atoms with van der Waals surface area (Å²) in [5, 5.41) is 0. The second-order valence-electron chi connectivity index (χ2n) is 6.67. The van der Waals surface area contributed by atoms with Gasteiger partial charge in [0.2, 0.25) is 0 Å². The summed E-state index contributed by atoms with van der Waals surface area (Å²) in [4.78, 5) is 23.7. The molecule has 1 saturated heterocycles. The minimum Gasteiger partial charge on any atom is -0.469 e. The zero-order valence-corrected chi connectivity index (χ0v) is 14.3. The Balaban J connectivity index is 2.22. The summed E-state index contributed by atoms with van der Waals surface area (Å²) >= 11 is 0. The number of hydrogen-bond donors (Lipinski definition) is 0. The highest BCUT2D eigenvalue weighted by Gasteiger charge is 2.52. The number of Topliss-reactive ketones (excluding diaryl/α,β-unsaturated/α-hetero) is 1. The smallest absolute Gasteiger partial charge is 0.469 e. The van der Waals surface area contributed by atoms with Crippen molar-refractivity contribution in [2.45, 2.75) is 51.7 Å². The monoisotopic (exact) mass is 318 g/mol. The molecule has 0 unspecified atom stereocenters. The van der Waals surface area contributed by atoms with Crippen LogP contribution in [0.4, 0.5) is 0 Å². The molecule has 0 saturated carbocycles. The van der Waals surface area contributed by atoms with Gasteiger partial charge in [0.15, 0.2) is 5.78 Å². The van der Waals surface area contributed by atoms with Crippen LogP contribution < -0.4 is 5.46 Å². The largest absolute Gasteiger partial charge is 0.495 e. The number of ether oxygens (including phenoxy) is 1. The number of methoxy groups -OCH3 is 1. The van der Waals surface area contributed by atoms with Crippen molar-refractivity contribution in [2.24, 2.45) is 0 Å². The highest BCUT2D eigenvalue weighted by Crippen LogP contribution is 2.36. The van der Waals surface area contributed by atoms with Gasteiger partial charge in [0, 0.05) is 12.0 Å². The lowest BCUT2D eigenvalue weighted by atomic mass is 9.74. The van der Waals surface area contributed by atoms with Crippen LogP contribution in [0, 0.1) is 0 Å². The first-order valence-corrected chi connectivity index (χ1v) is 7.72. The maximum Gasteiger partial charge on any atom is 0.495 e. The van der Waals surface area contributed by atoms with Crippen molar-refractivity contribution >= 4 is 24.3 Å². The van der Waals surface area contributed by atoms with Crippen LogP contribution in [0.15, 0.2) is 24.3 Å². The Morgan fingerprint density at radius 3 is 2.17 bits per heavy atom. The molecular formula is C17H23BO5. The number of esters is 1. The Bertz CT molecular complexity index is 593. The molecule has 0 N–H and O–H groups in total. The van der Waals surface area contributed by atoms with E-state index in [1.807, 2.05) is 39.8 Å². The maximum absolute atomic E-state index is 12.4. The van der Waals surface area contributed by atoms with E-state index in [1.54, 1.807) is 12.1 Å². The van der Waals surface area contributed by atoms with Gasteiger partial charge in [0.05, 0.1) is 24.7 Å². The Kier molecular flexibility index (Phi) is 4.97. The third-order valence-electron chi connectivity index (χ3n) is 4.55. The molecule has 1 aromatic carbocycles. The van der Waals surface area contributed by atoms with Crippen molar-refractivity contribution in [2.75, 3.05) is 7.11 Å². The number of hydrogen-bond acceptors (Lipinski definition) is 5. The molecule has 0 spiro atoms. The number of benzene rings is 1. The molecule has 0 bridgehead atoms. The lowest BCUT2D eigenvalue weighted by molar-refractivity contribution is -0.140. The fourth-order valence-electron chi connectivity index (χ4n) is 2.38. The molecule has 6 heteroatoms. The summed E-state index contributed by atoms with van der Waals surface area (Å²) in [6.07, 6.45) is 0.163. The van der Waals surface area contributed by atoms with Gasteiger partial charge in [0.25, 0.3) is 0 Å². The molecule has 1 aliphatic rings. The maximum atomic E-state index is 12.4. The van der Waals surface area contributed by atoms with Crippen molar-refractivity contribution in [3.8, 4) is 0 Å². The molecule has 2 rings (SSSR count). The van der Waals surface area contributed by atoms with Crippen LogP contribution in [-0.4, -0.2) is 37.2 Å². The zero-order valence-electron chi connectivity index (χ0n) is 14.3. The molecule has 5 nitrogen and oxygen atoms in total. The molecule has 1 heterocycles. The number of ketones is 1. The second kappa shape index (κ2) is 6.45. The van der Waals surface area contributed by atoms with Gasteiger partial charge < -0.3 is 14.0 Å². The lowest BCUT2D eigenvalue weighted by Gasteiger charge is -2.32. The van der Waals surface area contributed by atoms with Crippen molar-refractivity contribution in [3.05, 3.63) is 29.8 Å². The van der Waals surface area contributed by atoms with E-state index in [4.69, 9.17) is 9.31 Å². The molecule has 1 aromatic rings. The number of carbonyl (C=O) groups excluding carboxylic acids is 2. The predicted molar refractivity (Wildman–Crippen MR) is 87.7 cm³/mol. The fourth-order valence-corrected chi connectivity index (χ4v) is 2.38. The molecule has 1 aliphatic heterocycles. The van der Waals surface area contributed by atoms with E-state index in [0.717, 1.165) is 0 Å². The molecule has 0 atom stereocenters. The van der Waals surface area contributed by atoms with Crippen LogP contribution in [0.25, 0.3) is 0 Å². The van der Waals surface area contributed by atoms with E-state index in [1.165, 1.54) is 7.11 Å². The third-order valence-corrected chi connectivity index (χ3v) is 4.55. The molecule has 0 radical (unpaired) electrons. The van der Waals surface area contributed by atoms with Gasteiger partial charge in [-0.1, -0.05) is 24.3 Å². The van der Waals surface area contributed by atoms with Crippen LogP contribution in [0.2, 0.25) is 0 Å². The molecule has 0 aliphatic carbocycles. The Hall–Kier alpha value is -1.66. The fraction of sp³-hybridized carbons (Fsp3) is 0.529. The quantitative estimate of drug-likeness (QED) is 0.473. The highest BCUT2D eigenvalue weighted by atomic mass is 16.7. The molecule has 23 heavy (non-hydrogen) atoms. The van der Waals surface area contributed by atoms with Crippen LogP contribution in [0.1, 0.15) is 50.9 Å². The summed E-state index contributed by atoms with van der Waals surface area (Å²) in [7, 11) is 0.712. The van der Waals surface area contributed by atoms with Crippen molar-refractivity contribution in [1.29, 1.82) is 0 Å². The van der Waals surface area contributed by atoms with Crippen molar-refractivity contribution in [1.82, 2.24) is 0 Å². The first-order valence-electron chi connectivity index (χ1n) is 7.72. The van der Waals surface area contributed by atoms with Gasteiger partial charge in [-0.3, -0.25) is 9.59 Å². The lowest BCUT2D eigenvalue weighted by Crippen LogP contribution is -2.41. The van der Waals surface area contributed by atoms with E-state index in [-0.39, 0.29) is 18.6 Å². The summed E-state index contributed by atoms with van der Waals surface area (Å²) < 4.78 is 16.6. The predicted octanol–water partition coefficient (Wildman–Crippen LogP) is 2.12. The Morgan fingerprint density at radius 2 is 1.61 bits per heavy atom. The van der Waals surface area contributed by atoms with Crippen LogP contribution in [0.5, 0.6) is 0 Å². The van der Waals surface area contributed by atoms with Gasteiger partial charge in [-0.25, -0.2) is 0 Å². The SMILES string of the molecule is COC(=O)CCC(=O)c1ccccc1B1OC(C)(C)C(C)(C)O1. The molecule has 0 aromatic heterocycles. The van der Waals surface area contributed by atoms with Crippen molar-refractivity contribution < 1.29 is 23.6 Å². The molecular weight excluding hydrogens is 295 g/mol. The average Bonchev–Trinajstić information content (AvgIpc) is 2.72. The van der Waals surface area contributed by atoms with Crippen LogP contribution in [-0.2, 0) is 18.8 Å². The van der Waals surface area contributed by atoms with Crippen LogP contribution in [0.3, 0.4) is 0 Å². The summed E-state index contributed by atoms with van der Waals surface area (Å²) in [6.45, 7) is 7.87. The van der Waals surface area contributed by atoms with Gasteiger partial charge in [-0.2, -0.15) is 0 Å². The topological polar surface area (TPSA) is 61.8 Å². The molecule has 0 amide bonds. The molecule has 1 fully saturated rings. The summed E-state index contributed by atoms with van der Waals surface area (Å²) in [6, 6.07) is 7.20. The number of rotatable bonds is 5. The Morgan fingerprint density at radius 1 is 1.04 bits per heavy atom. The molecule has 124 valence electrons. The van der Waals surface area contributed by atoms with Gasteiger partial charge in [-0.15, -0.1) is 0 Å². The van der Waals surface area contributed by atoms with E-state index in [2.05, 4.69) is 4.74 Å². The number of carbonyl (C=O) groups is 2. The Labute approximate surface area is 137 Å². The van der Waals surface area contributed by atoms with E-state index < -0.39 is 24.3 Å². The van der Waals surface area contributed by atoms with E-state index >= 15 is 0 Å². The summed E-state index contributed by atoms with van der Waals surface area (Å²) in [5.41, 5.74) is 0.274. The summed E-state index contributed by atoms with van der Waals surface area (Å²) in [5.74, 6) is -0.521. The van der Waals surface area contributed by atoms with E-state index in [0.29, 0.717) is 11.0 Å². The first-order chi connectivity index (χ1) is 10.7. The highest BCUT2D eigenvalue weighted by molar-refractivity contribution is 6.63. The first kappa shape index (κ1) is 17.7. The average molecular weight is 318 g/mol. The second-order valence-corrected chi connectivity index (χ2v) is 6.67. The minimum absolute atomic E-state index is 0.0625. The standard InChI is InChI=1S/C17H23BO5/c1-16(2)17(3,4)23-18(22-16)13-9-7-6-8-12(13)14(19)10-11-15(20)21-5/h6-9H,10-11H2,1-5H3. The minimum atomic E-state index is -0.599. The third kappa shape index (κ3) is 3.64. The normalized spacial score (nSPS) is 18.7. The van der Waals surface area contributed by atoms with Gasteiger partial charge in [0.1, 0.15) is 0 Å². The van der Waals surface area contributed by atoms with E-state index in [9.17, 15) is 9.59 Å². The van der Waals surface area contributed by atoms with Gasteiger partial charge >= 0.3 is 13.1 Å².